The topological polar surface area (TPSA) is 37.4 Å². The Morgan fingerprint density at radius 2 is 2.00 bits per heavy atom. The van der Waals surface area contributed by atoms with Gasteiger partial charge in [0.05, 0.1) is 6.26 Å². The molecule has 1 aliphatic rings. The average molecular weight is 374 g/mol. The van der Waals surface area contributed by atoms with Gasteiger partial charge in [0.25, 0.3) is 0 Å². The third kappa shape index (κ3) is 4.80. The van der Waals surface area contributed by atoms with E-state index in [-0.39, 0.29) is 0 Å². The van der Waals surface area contributed by atoms with E-state index in [4.69, 9.17) is 0 Å². The van der Waals surface area contributed by atoms with Gasteiger partial charge in [0.1, 0.15) is 0 Å². The van der Waals surface area contributed by atoms with Crippen molar-refractivity contribution in [3.8, 4) is 0 Å². The molecule has 0 aromatic heterocycles. The lowest BCUT2D eigenvalue weighted by Crippen LogP contribution is -2.39. The second-order valence-electron chi connectivity index (χ2n) is 6.13. The van der Waals surface area contributed by atoms with Crippen LogP contribution >= 0.6 is 15.9 Å². The number of alkyl halides is 1. The maximum atomic E-state index is 11.7. The summed E-state index contributed by atoms with van der Waals surface area (Å²) in [7, 11) is -3.05. The Morgan fingerprint density at radius 1 is 1.33 bits per heavy atom. The molecular formula is C16H24BrNO2S. The van der Waals surface area contributed by atoms with Crippen LogP contribution in [0.4, 0.5) is 0 Å². The van der Waals surface area contributed by atoms with E-state index in [1.54, 1.807) is 4.31 Å². The lowest BCUT2D eigenvalue weighted by molar-refractivity contribution is 0.249. The predicted molar refractivity (Wildman–Crippen MR) is 91.5 cm³/mol. The molecule has 3 nitrogen and oxygen atoms in total. The molecule has 2 unspecified atom stereocenters. The number of halogens is 1. The van der Waals surface area contributed by atoms with Crippen molar-refractivity contribution in [2.24, 2.45) is 5.92 Å². The van der Waals surface area contributed by atoms with Gasteiger partial charge in [-0.1, -0.05) is 45.8 Å². The number of piperidine rings is 1. The first kappa shape index (κ1) is 17.0. The van der Waals surface area contributed by atoms with E-state index in [1.807, 2.05) is 0 Å². The Hall–Kier alpha value is -0.390. The van der Waals surface area contributed by atoms with Crippen LogP contribution in [-0.2, 0) is 10.0 Å². The lowest BCUT2D eigenvalue weighted by atomic mass is 9.86. The molecule has 0 N–H and O–H groups in total. The van der Waals surface area contributed by atoms with Gasteiger partial charge in [-0.25, -0.2) is 12.7 Å². The number of hydrogen-bond donors (Lipinski definition) is 0. The molecule has 0 radical (unpaired) electrons. The van der Waals surface area contributed by atoms with Crippen LogP contribution in [0.15, 0.2) is 24.3 Å². The van der Waals surface area contributed by atoms with Crippen molar-refractivity contribution >= 4 is 26.0 Å². The van der Waals surface area contributed by atoms with Gasteiger partial charge >= 0.3 is 0 Å². The summed E-state index contributed by atoms with van der Waals surface area (Å²) in [6.07, 6.45) is 4.46. The Bertz CT molecular complexity index is 556. The molecule has 1 aliphatic heterocycles. The molecule has 0 saturated carbocycles. The number of hydrogen-bond acceptors (Lipinski definition) is 2. The third-order valence-corrected chi connectivity index (χ3v) is 6.35. The molecule has 0 bridgehead atoms. The van der Waals surface area contributed by atoms with Crippen LogP contribution in [0.3, 0.4) is 0 Å². The molecule has 2 rings (SSSR count). The van der Waals surface area contributed by atoms with Gasteiger partial charge in [-0.15, -0.1) is 0 Å². The highest BCUT2D eigenvalue weighted by atomic mass is 79.9. The van der Waals surface area contributed by atoms with Gasteiger partial charge in [-0.2, -0.15) is 0 Å². The van der Waals surface area contributed by atoms with Gasteiger partial charge in [0.15, 0.2) is 0 Å². The van der Waals surface area contributed by atoms with E-state index in [2.05, 4.69) is 47.1 Å². The van der Waals surface area contributed by atoms with Crippen molar-refractivity contribution < 1.29 is 8.42 Å². The average Bonchev–Trinajstić information content (AvgIpc) is 2.45. The minimum Gasteiger partial charge on any atom is -0.213 e. The summed E-state index contributed by atoms with van der Waals surface area (Å²) in [6.45, 7) is 3.45. The third-order valence-electron chi connectivity index (χ3n) is 4.30. The Kier molecular flexibility index (Phi) is 5.86. The minimum absolute atomic E-state index is 0.454. The predicted octanol–water partition coefficient (Wildman–Crippen LogP) is 3.54. The quantitative estimate of drug-likeness (QED) is 0.740. The van der Waals surface area contributed by atoms with E-state index in [1.165, 1.54) is 17.4 Å². The standard InChI is InChI=1S/C16H24BrNO2S/c1-13-5-7-15(8-6-13)16(11-17)10-14-4-3-9-18(12-14)21(2,19)20/h5-8,14,16H,3-4,9-12H2,1-2H3. The van der Waals surface area contributed by atoms with Crippen molar-refractivity contribution in [1.29, 1.82) is 0 Å². The lowest BCUT2D eigenvalue weighted by Gasteiger charge is -2.32. The summed E-state index contributed by atoms with van der Waals surface area (Å²) >= 11 is 3.62. The first-order valence-corrected chi connectivity index (χ1v) is 10.4. The van der Waals surface area contributed by atoms with Crippen LogP contribution in [0.2, 0.25) is 0 Å². The van der Waals surface area contributed by atoms with Gasteiger partial charge in [-0.3, -0.25) is 0 Å². The molecule has 1 aromatic rings. The monoisotopic (exact) mass is 373 g/mol. The van der Waals surface area contributed by atoms with Crippen LogP contribution in [0.5, 0.6) is 0 Å². The number of rotatable bonds is 5. The highest BCUT2D eigenvalue weighted by molar-refractivity contribution is 9.09. The highest BCUT2D eigenvalue weighted by Crippen LogP contribution is 2.31. The summed E-state index contributed by atoms with van der Waals surface area (Å²) in [5.74, 6) is 0.910. The fraction of sp³-hybridized carbons (Fsp3) is 0.625. The smallest absolute Gasteiger partial charge is 0.211 e. The SMILES string of the molecule is Cc1ccc(C(CBr)CC2CCCN(S(C)(=O)=O)C2)cc1. The number of benzene rings is 1. The fourth-order valence-electron chi connectivity index (χ4n) is 3.05. The van der Waals surface area contributed by atoms with Gasteiger partial charge in [0.2, 0.25) is 10.0 Å². The van der Waals surface area contributed by atoms with Crippen molar-refractivity contribution in [3.05, 3.63) is 35.4 Å². The molecule has 0 amide bonds. The van der Waals surface area contributed by atoms with Gasteiger partial charge < -0.3 is 0 Å². The van der Waals surface area contributed by atoms with Crippen molar-refractivity contribution in [1.82, 2.24) is 4.31 Å². The van der Waals surface area contributed by atoms with E-state index in [9.17, 15) is 8.42 Å². The first-order valence-electron chi connectivity index (χ1n) is 7.48. The molecule has 1 saturated heterocycles. The molecule has 2 atom stereocenters. The van der Waals surface area contributed by atoms with E-state index >= 15 is 0 Å². The Labute approximate surface area is 136 Å². The van der Waals surface area contributed by atoms with Gasteiger partial charge in [0, 0.05) is 18.4 Å². The first-order chi connectivity index (χ1) is 9.90. The highest BCUT2D eigenvalue weighted by Gasteiger charge is 2.27. The summed E-state index contributed by atoms with van der Waals surface area (Å²) in [5, 5.41) is 0.922. The maximum absolute atomic E-state index is 11.7. The molecule has 118 valence electrons. The summed E-state index contributed by atoms with van der Waals surface area (Å²) < 4.78 is 25.1. The van der Waals surface area contributed by atoms with Crippen LogP contribution in [0.1, 0.15) is 36.3 Å². The van der Waals surface area contributed by atoms with Crippen molar-refractivity contribution in [2.45, 2.75) is 32.1 Å². The zero-order valence-corrected chi connectivity index (χ0v) is 15.2. The molecule has 21 heavy (non-hydrogen) atoms. The second kappa shape index (κ2) is 7.25. The Morgan fingerprint density at radius 3 is 2.57 bits per heavy atom. The molecule has 5 heteroatoms. The minimum atomic E-state index is -3.05. The summed E-state index contributed by atoms with van der Waals surface area (Å²) in [4.78, 5) is 0. The molecule has 0 aliphatic carbocycles. The van der Waals surface area contributed by atoms with Crippen LogP contribution in [0, 0.1) is 12.8 Å². The number of sulfonamides is 1. The molecule has 1 heterocycles. The summed E-state index contributed by atoms with van der Waals surface area (Å²) in [6, 6.07) is 8.68. The van der Waals surface area contributed by atoms with Crippen LogP contribution in [0.25, 0.3) is 0 Å². The molecular weight excluding hydrogens is 350 g/mol. The maximum Gasteiger partial charge on any atom is 0.211 e. The number of nitrogens with zero attached hydrogens (tertiary/aromatic N) is 1. The molecule has 0 spiro atoms. The van der Waals surface area contributed by atoms with Crippen LogP contribution in [-0.4, -0.2) is 37.4 Å². The fourth-order valence-corrected chi connectivity index (χ4v) is 4.63. The largest absolute Gasteiger partial charge is 0.213 e. The van der Waals surface area contributed by atoms with Gasteiger partial charge in [-0.05, 0) is 43.6 Å². The zero-order chi connectivity index (χ0) is 15.5. The van der Waals surface area contributed by atoms with Crippen LogP contribution < -0.4 is 0 Å². The van der Waals surface area contributed by atoms with E-state index in [0.717, 1.165) is 24.6 Å². The number of aryl methyl sites for hydroxylation is 1. The second-order valence-corrected chi connectivity index (χ2v) is 8.76. The van der Waals surface area contributed by atoms with E-state index < -0.39 is 10.0 Å². The molecule has 1 aromatic carbocycles. The normalized spacial score (nSPS) is 22.1. The summed E-state index contributed by atoms with van der Waals surface area (Å²) in [5.41, 5.74) is 2.61. The zero-order valence-electron chi connectivity index (χ0n) is 12.8. The van der Waals surface area contributed by atoms with E-state index in [0.29, 0.717) is 24.9 Å². The van der Waals surface area contributed by atoms with Crippen molar-refractivity contribution in [3.63, 3.8) is 0 Å². The molecule has 1 fully saturated rings. The Balaban J connectivity index is 2.03. The van der Waals surface area contributed by atoms with Crippen molar-refractivity contribution in [2.75, 3.05) is 24.7 Å².